The quantitative estimate of drug-likeness (QED) is 0.437. The maximum atomic E-state index is 5.89. The molecule has 0 amide bonds. The van der Waals surface area contributed by atoms with Crippen molar-refractivity contribution < 1.29 is 19.0 Å². The van der Waals surface area contributed by atoms with Crippen LogP contribution in [0, 0.1) is 5.92 Å². The molecule has 1 saturated heterocycles. The van der Waals surface area contributed by atoms with E-state index in [1.807, 2.05) is 44.2 Å². The average molecular weight is 333 g/mol. The summed E-state index contributed by atoms with van der Waals surface area (Å²) < 4.78 is 17.5. The Labute approximate surface area is 143 Å². The number of benzene rings is 1. The first-order valence-corrected chi connectivity index (χ1v) is 8.69. The summed E-state index contributed by atoms with van der Waals surface area (Å²) in [6, 6.07) is 10.0. The second-order valence-corrected chi connectivity index (χ2v) is 6.56. The zero-order valence-electron chi connectivity index (χ0n) is 14.7. The Hall–Kier alpha value is -1.43. The molecule has 3 rings (SSSR count). The number of nitrogens with zero attached hydrogens (tertiary/aromatic N) is 1. The van der Waals surface area contributed by atoms with Gasteiger partial charge in [0.25, 0.3) is 0 Å². The van der Waals surface area contributed by atoms with Crippen LogP contribution < -0.4 is 0 Å². The highest BCUT2D eigenvalue weighted by Gasteiger charge is 2.60. The number of ether oxygens (including phenoxy) is 3. The fourth-order valence-electron chi connectivity index (χ4n) is 3.78. The summed E-state index contributed by atoms with van der Waals surface area (Å²) in [5.41, 5.74) is 1.88. The van der Waals surface area contributed by atoms with E-state index in [4.69, 9.17) is 19.0 Å². The molecule has 0 bridgehead atoms. The molecule has 1 spiro atoms. The van der Waals surface area contributed by atoms with E-state index in [9.17, 15) is 0 Å². The first-order chi connectivity index (χ1) is 11.7. The minimum Gasteiger partial charge on any atom is -0.391 e. The molecule has 1 aliphatic heterocycles. The topological polar surface area (TPSA) is 52.6 Å². The number of oxime groups is 1. The summed E-state index contributed by atoms with van der Waals surface area (Å²) in [6.07, 6.45) is 1.97. The first-order valence-electron chi connectivity index (χ1n) is 8.69. The summed E-state index contributed by atoms with van der Waals surface area (Å²) in [5, 5.41) is 4.37. The molecule has 0 N–H and O–H groups in total. The minimum absolute atomic E-state index is 0.0507. The number of methoxy groups -OCH3 is 1. The molecule has 1 aliphatic carbocycles. The van der Waals surface area contributed by atoms with Gasteiger partial charge in [-0.2, -0.15) is 0 Å². The summed E-state index contributed by atoms with van der Waals surface area (Å²) in [5.74, 6) is 0.0728. The maximum absolute atomic E-state index is 5.89. The molecule has 1 aromatic carbocycles. The van der Waals surface area contributed by atoms with Gasteiger partial charge in [0, 0.05) is 13.7 Å². The molecule has 1 aromatic rings. The molecule has 5 heteroatoms. The largest absolute Gasteiger partial charge is 0.391 e. The second kappa shape index (κ2) is 7.64. The lowest BCUT2D eigenvalue weighted by molar-refractivity contribution is -0.105. The van der Waals surface area contributed by atoms with Gasteiger partial charge >= 0.3 is 0 Å². The zero-order valence-corrected chi connectivity index (χ0v) is 14.7. The Balaban J connectivity index is 1.69. The Bertz CT molecular complexity index is 556. The van der Waals surface area contributed by atoms with Crippen LogP contribution in [0.25, 0.3) is 0 Å². The van der Waals surface area contributed by atoms with E-state index in [1.54, 1.807) is 7.11 Å². The molecule has 5 nitrogen and oxygen atoms in total. The lowest BCUT2D eigenvalue weighted by Crippen LogP contribution is -2.52. The second-order valence-electron chi connectivity index (χ2n) is 6.56. The lowest BCUT2D eigenvalue weighted by Gasteiger charge is -2.40. The van der Waals surface area contributed by atoms with E-state index in [1.165, 1.54) is 0 Å². The highest BCUT2D eigenvalue weighted by Crippen LogP contribution is 2.48. The van der Waals surface area contributed by atoms with Gasteiger partial charge in [-0.05, 0) is 32.3 Å². The molecular weight excluding hydrogens is 306 g/mol. The lowest BCUT2D eigenvalue weighted by atomic mass is 9.73. The van der Waals surface area contributed by atoms with Crippen LogP contribution in [-0.4, -0.2) is 43.8 Å². The fraction of sp³-hybridized carbons (Fsp3) is 0.632. The van der Waals surface area contributed by atoms with Gasteiger partial charge in [0.05, 0.1) is 30.4 Å². The van der Waals surface area contributed by atoms with E-state index in [2.05, 4.69) is 5.16 Å². The minimum atomic E-state index is -0.141. The zero-order chi connectivity index (χ0) is 17.0. The van der Waals surface area contributed by atoms with Crippen LogP contribution in [0.3, 0.4) is 0 Å². The van der Waals surface area contributed by atoms with E-state index in [-0.39, 0.29) is 23.7 Å². The smallest absolute Gasteiger partial charge is 0.142 e. The van der Waals surface area contributed by atoms with Crippen molar-refractivity contribution >= 4 is 5.71 Å². The number of hydrogen-bond acceptors (Lipinski definition) is 5. The molecule has 1 saturated carbocycles. The van der Waals surface area contributed by atoms with Gasteiger partial charge in [-0.3, -0.25) is 0 Å². The molecule has 3 unspecified atom stereocenters. The van der Waals surface area contributed by atoms with Crippen molar-refractivity contribution in [3.63, 3.8) is 0 Å². The van der Waals surface area contributed by atoms with E-state index in [0.717, 1.165) is 30.7 Å². The van der Waals surface area contributed by atoms with Crippen molar-refractivity contribution in [2.75, 3.05) is 20.3 Å². The average Bonchev–Trinajstić information content (AvgIpc) is 3.37. The normalized spacial score (nSPS) is 32.8. The van der Waals surface area contributed by atoms with Gasteiger partial charge < -0.3 is 19.0 Å². The third-order valence-electron chi connectivity index (χ3n) is 5.01. The maximum Gasteiger partial charge on any atom is 0.142 e. The fourth-order valence-corrected chi connectivity index (χ4v) is 3.78. The standard InChI is InChI=1S/C19H27NO4/c1-4-22-16-10-11-19(13-23-19)17(18(16)21-3)14(2)20-24-12-15-8-6-5-7-9-15/h5-9,16-18H,4,10-13H2,1-3H3/b20-14+/t16?,17?,18?,19-/m0/s1. The Morgan fingerprint density at radius 1 is 1.33 bits per heavy atom. The van der Waals surface area contributed by atoms with Gasteiger partial charge in [0.15, 0.2) is 0 Å². The highest BCUT2D eigenvalue weighted by molar-refractivity contribution is 5.86. The van der Waals surface area contributed by atoms with Gasteiger partial charge in [-0.15, -0.1) is 0 Å². The summed E-state index contributed by atoms with van der Waals surface area (Å²) in [4.78, 5) is 5.58. The van der Waals surface area contributed by atoms with E-state index < -0.39 is 0 Å². The van der Waals surface area contributed by atoms with Gasteiger partial charge in [0.1, 0.15) is 12.2 Å². The number of epoxide rings is 1. The van der Waals surface area contributed by atoms with Crippen LogP contribution >= 0.6 is 0 Å². The SMILES string of the molecule is CCOC1CC[C@]2(CO2)C(/C(C)=N/OCc2ccccc2)C1OC. The number of hydrogen-bond donors (Lipinski definition) is 0. The summed E-state index contributed by atoms with van der Waals surface area (Å²) in [7, 11) is 1.74. The van der Waals surface area contributed by atoms with Crippen LogP contribution in [0.4, 0.5) is 0 Å². The Morgan fingerprint density at radius 2 is 2.08 bits per heavy atom. The van der Waals surface area contributed by atoms with Crippen LogP contribution in [0.1, 0.15) is 32.3 Å². The van der Waals surface area contributed by atoms with Crippen molar-refractivity contribution in [1.82, 2.24) is 0 Å². The molecule has 0 aromatic heterocycles. The van der Waals surface area contributed by atoms with E-state index in [0.29, 0.717) is 13.2 Å². The predicted octanol–water partition coefficient (Wildman–Crippen LogP) is 3.18. The van der Waals surface area contributed by atoms with Crippen LogP contribution in [0.15, 0.2) is 35.5 Å². The molecule has 24 heavy (non-hydrogen) atoms. The molecule has 2 fully saturated rings. The van der Waals surface area contributed by atoms with Gasteiger partial charge in [0.2, 0.25) is 0 Å². The molecule has 4 atom stereocenters. The van der Waals surface area contributed by atoms with Crippen molar-refractivity contribution in [3.05, 3.63) is 35.9 Å². The number of rotatable bonds is 7. The molecular formula is C19H27NO4. The van der Waals surface area contributed by atoms with Crippen molar-refractivity contribution in [2.24, 2.45) is 11.1 Å². The van der Waals surface area contributed by atoms with Crippen LogP contribution in [0.2, 0.25) is 0 Å². The summed E-state index contributed by atoms with van der Waals surface area (Å²) in [6.45, 7) is 5.93. The third kappa shape index (κ3) is 3.63. The van der Waals surface area contributed by atoms with Gasteiger partial charge in [-0.25, -0.2) is 0 Å². The predicted molar refractivity (Wildman–Crippen MR) is 92.0 cm³/mol. The Kier molecular flexibility index (Phi) is 5.54. The molecule has 0 radical (unpaired) electrons. The van der Waals surface area contributed by atoms with Gasteiger partial charge in [-0.1, -0.05) is 35.5 Å². The molecule has 1 heterocycles. The van der Waals surface area contributed by atoms with Crippen molar-refractivity contribution in [1.29, 1.82) is 0 Å². The van der Waals surface area contributed by atoms with Crippen LogP contribution in [-0.2, 0) is 25.7 Å². The van der Waals surface area contributed by atoms with Crippen LogP contribution in [0.5, 0.6) is 0 Å². The highest BCUT2D eigenvalue weighted by atomic mass is 16.6. The van der Waals surface area contributed by atoms with Crippen molar-refractivity contribution in [3.8, 4) is 0 Å². The summed E-state index contributed by atoms with van der Waals surface area (Å²) >= 11 is 0. The van der Waals surface area contributed by atoms with Crippen molar-refractivity contribution in [2.45, 2.75) is 51.1 Å². The monoisotopic (exact) mass is 333 g/mol. The first kappa shape index (κ1) is 17.4. The third-order valence-corrected chi connectivity index (χ3v) is 5.01. The van der Waals surface area contributed by atoms with E-state index >= 15 is 0 Å². The molecule has 2 aliphatic rings. The Morgan fingerprint density at radius 3 is 2.71 bits per heavy atom. The molecule has 132 valence electrons.